The number of hydrogen-bond acceptors (Lipinski definition) is 3. The molecule has 0 saturated carbocycles. The van der Waals surface area contributed by atoms with E-state index in [0.29, 0.717) is 16.4 Å². The van der Waals surface area contributed by atoms with E-state index >= 15 is 0 Å². The minimum absolute atomic E-state index is 0.139. The van der Waals surface area contributed by atoms with Crippen LogP contribution >= 0.6 is 0 Å². The number of aryl methyl sites for hydroxylation is 1. The molecule has 3 rings (SSSR count). The van der Waals surface area contributed by atoms with E-state index in [1.807, 2.05) is 53.0 Å². The lowest BCUT2D eigenvalue weighted by molar-refractivity contribution is 0.00578. The van der Waals surface area contributed by atoms with Gasteiger partial charge in [-0.15, -0.1) is 0 Å². The highest BCUT2D eigenvalue weighted by Gasteiger charge is 2.52. The largest absolute Gasteiger partial charge is 0.497 e. The third kappa shape index (κ3) is 2.81. The molecule has 6 heteroatoms. The quantitative estimate of drug-likeness (QED) is 0.784. The molecule has 25 heavy (non-hydrogen) atoms. The third-order valence-electron chi connectivity index (χ3n) is 5.38. The van der Waals surface area contributed by atoms with E-state index in [9.17, 15) is 9.18 Å². The van der Waals surface area contributed by atoms with Gasteiger partial charge in [-0.3, -0.25) is 4.79 Å². The van der Waals surface area contributed by atoms with Gasteiger partial charge in [-0.05, 0) is 60.6 Å². The molecule has 1 aromatic carbocycles. The zero-order valence-electron chi connectivity index (χ0n) is 15.9. The number of pyridine rings is 1. The first-order valence-corrected chi connectivity index (χ1v) is 8.65. The minimum atomic E-state index is -0.800. The molecule has 0 N–H and O–H groups in total. The van der Waals surface area contributed by atoms with Gasteiger partial charge in [0.15, 0.2) is 5.43 Å². The van der Waals surface area contributed by atoms with Gasteiger partial charge >= 0.3 is 7.12 Å². The van der Waals surface area contributed by atoms with Crippen LogP contribution in [-0.2, 0) is 9.31 Å². The van der Waals surface area contributed by atoms with Crippen LogP contribution in [0.3, 0.4) is 0 Å². The van der Waals surface area contributed by atoms with Gasteiger partial charge in [0, 0.05) is 28.7 Å². The molecule has 0 spiro atoms. The fourth-order valence-electron chi connectivity index (χ4n) is 3.34. The monoisotopic (exact) mass is 345 g/mol. The lowest BCUT2D eigenvalue weighted by Crippen LogP contribution is -2.41. The first-order valence-electron chi connectivity index (χ1n) is 8.65. The average Bonchev–Trinajstić information content (AvgIpc) is 2.67. The fourth-order valence-corrected chi connectivity index (χ4v) is 3.34. The van der Waals surface area contributed by atoms with E-state index in [-0.39, 0.29) is 11.5 Å². The predicted octanol–water partition coefficient (Wildman–Crippen LogP) is 3.33. The summed E-state index contributed by atoms with van der Waals surface area (Å²) in [6, 6.07) is 4.69. The SMILES string of the molecule is Cc1cc(=O)c2cc(F)c(B3OC(C)(C)C(C)(C)O3)cc2n1C(C)C. The van der Waals surface area contributed by atoms with Crippen molar-refractivity contribution in [3.8, 4) is 0 Å². The molecule has 0 radical (unpaired) electrons. The molecule has 0 atom stereocenters. The Kier molecular flexibility index (Phi) is 4.12. The summed E-state index contributed by atoms with van der Waals surface area (Å²) in [5, 5.41) is 0.372. The van der Waals surface area contributed by atoms with Crippen molar-refractivity contribution < 1.29 is 13.7 Å². The fraction of sp³-hybridized carbons (Fsp3) is 0.526. The van der Waals surface area contributed by atoms with Gasteiger partial charge in [-0.25, -0.2) is 4.39 Å². The second-order valence-corrected chi connectivity index (χ2v) is 8.09. The molecule has 134 valence electrons. The average molecular weight is 345 g/mol. The Morgan fingerprint density at radius 1 is 1.08 bits per heavy atom. The smallest absolute Gasteiger partial charge is 0.399 e. The molecule has 1 fully saturated rings. The Morgan fingerprint density at radius 3 is 2.16 bits per heavy atom. The van der Waals surface area contributed by atoms with Crippen LogP contribution in [0.2, 0.25) is 0 Å². The van der Waals surface area contributed by atoms with Crippen LogP contribution < -0.4 is 10.9 Å². The summed E-state index contributed by atoms with van der Waals surface area (Å²) < 4.78 is 28.8. The summed E-state index contributed by atoms with van der Waals surface area (Å²) >= 11 is 0. The Morgan fingerprint density at radius 2 is 1.64 bits per heavy atom. The normalized spacial score (nSPS) is 19.2. The number of rotatable bonds is 2. The molecule has 4 nitrogen and oxygen atoms in total. The third-order valence-corrected chi connectivity index (χ3v) is 5.38. The van der Waals surface area contributed by atoms with Crippen molar-refractivity contribution in [1.82, 2.24) is 4.57 Å². The highest BCUT2D eigenvalue weighted by molar-refractivity contribution is 6.62. The van der Waals surface area contributed by atoms with E-state index in [4.69, 9.17) is 9.31 Å². The van der Waals surface area contributed by atoms with Crippen molar-refractivity contribution in [3.63, 3.8) is 0 Å². The highest BCUT2D eigenvalue weighted by atomic mass is 19.1. The Bertz CT molecular complexity index is 886. The van der Waals surface area contributed by atoms with Crippen molar-refractivity contribution in [1.29, 1.82) is 0 Å². The van der Waals surface area contributed by atoms with Crippen LogP contribution in [0.15, 0.2) is 23.0 Å². The van der Waals surface area contributed by atoms with Crippen LogP contribution in [0.1, 0.15) is 53.3 Å². The van der Waals surface area contributed by atoms with E-state index in [2.05, 4.69) is 0 Å². The number of benzene rings is 1. The first kappa shape index (κ1) is 18.1. The van der Waals surface area contributed by atoms with Crippen LogP contribution in [0.4, 0.5) is 4.39 Å². The van der Waals surface area contributed by atoms with E-state index in [0.717, 1.165) is 5.69 Å². The van der Waals surface area contributed by atoms with Gasteiger partial charge in [0.25, 0.3) is 0 Å². The van der Waals surface area contributed by atoms with Crippen LogP contribution in [0.5, 0.6) is 0 Å². The van der Waals surface area contributed by atoms with Crippen molar-refractivity contribution in [2.24, 2.45) is 0 Å². The number of fused-ring (bicyclic) bond motifs is 1. The van der Waals surface area contributed by atoms with Gasteiger partial charge in [0.1, 0.15) is 5.82 Å². The molecular formula is C19H25BFNO3. The molecule has 0 amide bonds. The summed E-state index contributed by atoms with van der Waals surface area (Å²) in [6.07, 6.45) is 0. The lowest BCUT2D eigenvalue weighted by atomic mass is 9.78. The van der Waals surface area contributed by atoms with Crippen LogP contribution in [0, 0.1) is 12.7 Å². The van der Waals surface area contributed by atoms with Crippen molar-refractivity contribution in [2.75, 3.05) is 0 Å². The number of nitrogens with zero attached hydrogens (tertiary/aromatic N) is 1. The summed E-state index contributed by atoms with van der Waals surface area (Å²) in [6.45, 7) is 13.7. The summed E-state index contributed by atoms with van der Waals surface area (Å²) in [4.78, 5) is 12.3. The van der Waals surface area contributed by atoms with Crippen molar-refractivity contribution in [2.45, 2.75) is 65.7 Å². The Hall–Kier alpha value is -1.66. The number of hydrogen-bond donors (Lipinski definition) is 0. The predicted molar refractivity (Wildman–Crippen MR) is 99.0 cm³/mol. The maximum Gasteiger partial charge on any atom is 0.497 e. The molecule has 2 heterocycles. The molecule has 2 aromatic rings. The maximum atomic E-state index is 14.8. The molecule has 1 aliphatic heterocycles. The van der Waals surface area contributed by atoms with Gasteiger partial charge in [0.2, 0.25) is 0 Å². The molecule has 0 aliphatic carbocycles. The second-order valence-electron chi connectivity index (χ2n) is 8.09. The zero-order valence-corrected chi connectivity index (χ0v) is 15.9. The molecular weight excluding hydrogens is 320 g/mol. The first-order chi connectivity index (χ1) is 11.4. The number of halogens is 1. The topological polar surface area (TPSA) is 40.5 Å². The van der Waals surface area contributed by atoms with Gasteiger partial charge in [-0.2, -0.15) is 0 Å². The molecule has 1 aliphatic rings. The van der Waals surface area contributed by atoms with Gasteiger partial charge in [0.05, 0.1) is 16.7 Å². The second kappa shape index (κ2) is 5.68. The lowest BCUT2D eigenvalue weighted by Gasteiger charge is -2.32. The Labute approximate surface area is 148 Å². The molecule has 1 aromatic heterocycles. The summed E-state index contributed by atoms with van der Waals surface area (Å²) in [5.41, 5.74) is 0.589. The van der Waals surface area contributed by atoms with Crippen molar-refractivity contribution >= 4 is 23.5 Å². The Balaban J connectivity index is 2.23. The molecule has 0 unspecified atom stereocenters. The number of aromatic nitrogens is 1. The summed E-state index contributed by atoms with van der Waals surface area (Å²) in [5.74, 6) is -0.484. The van der Waals surface area contributed by atoms with Crippen molar-refractivity contribution in [3.05, 3.63) is 39.9 Å². The van der Waals surface area contributed by atoms with Crippen LogP contribution in [0.25, 0.3) is 10.9 Å². The van der Waals surface area contributed by atoms with E-state index in [1.54, 1.807) is 12.1 Å². The molecule has 0 bridgehead atoms. The minimum Gasteiger partial charge on any atom is -0.399 e. The standard InChI is InChI=1S/C19H25BFNO3/c1-11(2)22-12(3)8-17(23)13-9-15(21)14(10-16(13)22)20-24-18(4,5)19(6,7)25-20/h8-11H,1-7H3. The molecule has 1 saturated heterocycles. The van der Waals surface area contributed by atoms with Gasteiger partial charge < -0.3 is 13.9 Å². The van der Waals surface area contributed by atoms with Crippen LogP contribution in [-0.4, -0.2) is 22.9 Å². The van der Waals surface area contributed by atoms with Gasteiger partial charge in [-0.1, -0.05) is 0 Å². The maximum absolute atomic E-state index is 14.8. The van der Waals surface area contributed by atoms with E-state index < -0.39 is 24.1 Å². The van der Waals surface area contributed by atoms with E-state index in [1.165, 1.54) is 6.07 Å². The highest BCUT2D eigenvalue weighted by Crippen LogP contribution is 2.36. The summed E-state index contributed by atoms with van der Waals surface area (Å²) in [7, 11) is -0.800. The zero-order chi connectivity index (χ0) is 18.7.